The number of rotatable bonds is 6. The van der Waals surface area contributed by atoms with Crippen molar-refractivity contribution in [1.82, 2.24) is 10.4 Å². The maximum absolute atomic E-state index is 11.1. The van der Waals surface area contributed by atoms with Gasteiger partial charge in [0.2, 0.25) is 5.91 Å². The number of hydrogen-bond acceptors (Lipinski definition) is 5. The van der Waals surface area contributed by atoms with Gasteiger partial charge in [0.05, 0.1) is 6.10 Å². The van der Waals surface area contributed by atoms with Crippen molar-refractivity contribution in [3.05, 3.63) is 35.3 Å². The number of ether oxygens (including phenoxy) is 1. The Morgan fingerprint density at radius 3 is 2.71 bits per heavy atom. The predicted octanol–water partition coefficient (Wildman–Crippen LogP) is 2.66. The summed E-state index contributed by atoms with van der Waals surface area (Å²) in [6.07, 6.45) is 0.931. The molecule has 1 atom stereocenters. The molecule has 21 heavy (non-hydrogen) atoms. The Balaban J connectivity index is 1.91. The van der Waals surface area contributed by atoms with E-state index in [1.54, 1.807) is 11.3 Å². The zero-order valence-electron chi connectivity index (χ0n) is 12.1. The molecule has 2 aromatic rings. The fraction of sp³-hybridized carbons (Fsp3) is 0.333. The molecule has 1 amide bonds. The largest absolute Gasteiger partial charge is 0.491 e. The second kappa shape index (κ2) is 7.19. The molecule has 3 N–H and O–H groups in total. The fourth-order valence-electron chi connectivity index (χ4n) is 1.86. The van der Waals surface area contributed by atoms with Crippen LogP contribution in [0.1, 0.15) is 25.5 Å². The van der Waals surface area contributed by atoms with Crippen LogP contribution in [0.5, 0.6) is 5.75 Å². The van der Waals surface area contributed by atoms with Crippen molar-refractivity contribution in [3.8, 4) is 16.3 Å². The molecule has 0 aliphatic rings. The molecule has 2 rings (SSSR count). The Hall–Kier alpha value is -1.92. The average molecular weight is 305 g/mol. The molecule has 0 radical (unpaired) electrons. The van der Waals surface area contributed by atoms with Gasteiger partial charge in [-0.2, -0.15) is 0 Å². The second-order valence-corrected chi connectivity index (χ2v) is 5.71. The van der Waals surface area contributed by atoms with E-state index in [9.17, 15) is 4.79 Å². The van der Waals surface area contributed by atoms with Gasteiger partial charge < -0.3 is 4.74 Å². The summed E-state index contributed by atoms with van der Waals surface area (Å²) >= 11 is 1.63. The molecule has 1 unspecified atom stereocenters. The molecule has 0 fully saturated rings. The Morgan fingerprint density at radius 1 is 1.43 bits per heavy atom. The minimum atomic E-state index is -0.181. The van der Waals surface area contributed by atoms with E-state index < -0.39 is 0 Å². The molecule has 0 saturated carbocycles. The van der Waals surface area contributed by atoms with Crippen LogP contribution in [-0.2, 0) is 4.79 Å². The summed E-state index contributed by atoms with van der Waals surface area (Å²) in [6, 6.07) is 7.83. The highest BCUT2D eigenvalue weighted by atomic mass is 32.1. The van der Waals surface area contributed by atoms with Crippen molar-refractivity contribution < 1.29 is 9.53 Å². The van der Waals surface area contributed by atoms with E-state index in [0.717, 1.165) is 22.0 Å². The molecular weight excluding hydrogens is 286 g/mol. The average Bonchev–Trinajstić information content (AvgIpc) is 2.92. The van der Waals surface area contributed by atoms with Crippen molar-refractivity contribution in [2.75, 3.05) is 0 Å². The van der Waals surface area contributed by atoms with Gasteiger partial charge in [0.25, 0.3) is 0 Å². The Bertz CT molecular complexity index is 595. The highest BCUT2D eigenvalue weighted by Crippen LogP contribution is 2.26. The third kappa shape index (κ3) is 4.54. The summed E-state index contributed by atoms with van der Waals surface area (Å²) in [5, 5.41) is 3.04. The first-order valence-electron chi connectivity index (χ1n) is 6.77. The third-order valence-electron chi connectivity index (χ3n) is 3.00. The topological polar surface area (TPSA) is 77.2 Å². The molecule has 1 aromatic carbocycles. The van der Waals surface area contributed by atoms with E-state index in [4.69, 9.17) is 10.6 Å². The molecule has 0 aliphatic carbocycles. The smallest absolute Gasteiger partial charge is 0.234 e. The number of carbonyl (C=O) groups is 1. The zero-order chi connectivity index (χ0) is 15.2. The quantitative estimate of drug-likeness (QED) is 0.488. The van der Waals surface area contributed by atoms with E-state index in [1.807, 2.05) is 43.5 Å². The number of carbonyl (C=O) groups excluding carboxylic acids is 1. The minimum Gasteiger partial charge on any atom is -0.491 e. The summed E-state index contributed by atoms with van der Waals surface area (Å²) in [6.45, 7) is 3.92. The maximum atomic E-state index is 11.1. The number of nitrogens with zero attached hydrogens (tertiary/aromatic N) is 1. The SMILES string of the molecule is Cc1csc(-c2ccc(OC(C)CCC(=O)NN)cc2)n1. The molecule has 0 aliphatic heterocycles. The monoisotopic (exact) mass is 305 g/mol. The first-order chi connectivity index (χ1) is 10.1. The molecule has 112 valence electrons. The maximum Gasteiger partial charge on any atom is 0.234 e. The van der Waals surface area contributed by atoms with E-state index in [0.29, 0.717) is 12.8 Å². The van der Waals surface area contributed by atoms with Crippen molar-refractivity contribution in [2.45, 2.75) is 32.8 Å². The standard InChI is InChI=1S/C15H19N3O2S/c1-10-9-21-15(17-10)12-4-6-13(7-5-12)20-11(2)3-8-14(19)18-16/h4-7,9,11H,3,8,16H2,1-2H3,(H,18,19). The van der Waals surface area contributed by atoms with Crippen LogP contribution in [0.2, 0.25) is 0 Å². The van der Waals surface area contributed by atoms with Crippen molar-refractivity contribution >= 4 is 17.2 Å². The van der Waals surface area contributed by atoms with Gasteiger partial charge in [0, 0.05) is 23.1 Å². The summed E-state index contributed by atoms with van der Waals surface area (Å²) in [5.74, 6) is 5.64. The number of benzene rings is 1. The lowest BCUT2D eigenvalue weighted by molar-refractivity contribution is -0.121. The summed E-state index contributed by atoms with van der Waals surface area (Å²) in [7, 11) is 0. The molecule has 0 saturated heterocycles. The van der Waals surface area contributed by atoms with Gasteiger partial charge >= 0.3 is 0 Å². The number of hydrazine groups is 1. The van der Waals surface area contributed by atoms with Crippen LogP contribution >= 0.6 is 11.3 Å². The van der Waals surface area contributed by atoms with Gasteiger partial charge in [-0.1, -0.05) is 0 Å². The van der Waals surface area contributed by atoms with Crippen molar-refractivity contribution in [3.63, 3.8) is 0 Å². The van der Waals surface area contributed by atoms with Crippen LogP contribution in [-0.4, -0.2) is 17.0 Å². The number of nitrogens with two attached hydrogens (primary N) is 1. The second-order valence-electron chi connectivity index (χ2n) is 4.85. The first kappa shape index (κ1) is 15.5. The van der Waals surface area contributed by atoms with Crippen LogP contribution in [0.15, 0.2) is 29.6 Å². The molecule has 5 nitrogen and oxygen atoms in total. The number of hydrogen-bond donors (Lipinski definition) is 2. The lowest BCUT2D eigenvalue weighted by Gasteiger charge is -2.14. The van der Waals surface area contributed by atoms with Gasteiger partial charge in [0.1, 0.15) is 10.8 Å². The van der Waals surface area contributed by atoms with E-state index in [1.165, 1.54) is 0 Å². The van der Waals surface area contributed by atoms with Crippen LogP contribution in [0.25, 0.3) is 10.6 Å². The Labute approximate surface area is 128 Å². The van der Waals surface area contributed by atoms with Crippen LogP contribution in [0, 0.1) is 6.92 Å². The Kier molecular flexibility index (Phi) is 5.30. The zero-order valence-corrected chi connectivity index (χ0v) is 12.9. The summed E-state index contributed by atoms with van der Waals surface area (Å²) < 4.78 is 5.77. The van der Waals surface area contributed by atoms with Crippen LogP contribution in [0.4, 0.5) is 0 Å². The highest BCUT2D eigenvalue weighted by molar-refractivity contribution is 7.13. The lowest BCUT2D eigenvalue weighted by Crippen LogP contribution is -2.30. The summed E-state index contributed by atoms with van der Waals surface area (Å²) in [4.78, 5) is 15.5. The van der Waals surface area contributed by atoms with Gasteiger partial charge in [-0.25, -0.2) is 10.8 Å². The summed E-state index contributed by atoms with van der Waals surface area (Å²) in [5.41, 5.74) is 4.22. The molecule has 1 heterocycles. The van der Waals surface area contributed by atoms with Crippen LogP contribution < -0.4 is 16.0 Å². The van der Waals surface area contributed by atoms with E-state index >= 15 is 0 Å². The van der Waals surface area contributed by atoms with E-state index in [2.05, 4.69) is 10.4 Å². The number of thiazole rings is 1. The van der Waals surface area contributed by atoms with Gasteiger partial charge in [0.15, 0.2) is 0 Å². The van der Waals surface area contributed by atoms with Gasteiger partial charge in [-0.05, 0) is 44.5 Å². The molecular formula is C15H19N3O2S. The van der Waals surface area contributed by atoms with Crippen molar-refractivity contribution in [1.29, 1.82) is 0 Å². The minimum absolute atomic E-state index is 0.0461. The number of amides is 1. The number of aryl methyl sites for hydroxylation is 1. The highest BCUT2D eigenvalue weighted by Gasteiger charge is 2.08. The first-order valence-corrected chi connectivity index (χ1v) is 7.65. The van der Waals surface area contributed by atoms with Crippen molar-refractivity contribution in [2.24, 2.45) is 5.84 Å². The molecule has 6 heteroatoms. The van der Waals surface area contributed by atoms with Gasteiger partial charge in [-0.3, -0.25) is 10.2 Å². The van der Waals surface area contributed by atoms with E-state index in [-0.39, 0.29) is 12.0 Å². The van der Waals surface area contributed by atoms with Gasteiger partial charge in [-0.15, -0.1) is 11.3 Å². The number of aromatic nitrogens is 1. The number of nitrogens with one attached hydrogen (secondary N) is 1. The van der Waals surface area contributed by atoms with Crippen LogP contribution in [0.3, 0.4) is 0 Å². The lowest BCUT2D eigenvalue weighted by atomic mass is 10.2. The molecule has 1 aromatic heterocycles. The third-order valence-corrected chi connectivity index (χ3v) is 4.01. The molecule has 0 spiro atoms. The Morgan fingerprint density at radius 2 is 2.14 bits per heavy atom. The fourth-order valence-corrected chi connectivity index (χ4v) is 2.66. The normalized spacial score (nSPS) is 12.0. The predicted molar refractivity (Wildman–Crippen MR) is 83.9 cm³/mol. The molecule has 0 bridgehead atoms.